The van der Waals surface area contributed by atoms with Gasteiger partial charge in [-0.1, -0.05) is 35.9 Å². The molecule has 0 aliphatic carbocycles. The zero-order valence-electron chi connectivity index (χ0n) is 13.7. The summed E-state index contributed by atoms with van der Waals surface area (Å²) < 4.78 is 0. The number of piperidine rings is 1. The van der Waals surface area contributed by atoms with E-state index in [1.54, 1.807) is 12.1 Å². The summed E-state index contributed by atoms with van der Waals surface area (Å²) in [6.45, 7) is 1.39. The Kier molecular flexibility index (Phi) is 4.32. The first-order valence-corrected chi connectivity index (χ1v) is 8.83. The molecule has 6 heteroatoms. The molecule has 128 valence electrons. The fraction of sp³-hybridized carbons (Fsp3) is 0.263. The van der Waals surface area contributed by atoms with Gasteiger partial charge < -0.3 is 15.2 Å². The molecule has 2 heterocycles. The van der Waals surface area contributed by atoms with Gasteiger partial charge in [-0.2, -0.15) is 0 Å². The number of hydrogen-bond donors (Lipinski definition) is 2. The minimum Gasteiger partial charge on any atom is -0.342 e. The lowest BCUT2D eigenvalue weighted by Gasteiger charge is -2.32. The Hall–Kier alpha value is -2.53. The highest BCUT2D eigenvalue weighted by molar-refractivity contribution is 6.33. The molecule has 1 aliphatic heterocycles. The van der Waals surface area contributed by atoms with Crippen LogP contribution in [0.15, 0.2) is 48.5 Å². The Labute approximate surface area is 151 Å². The molecule has 0 radical (unpaired) electrons. The number of aromatic nitrogens is 2. The zero-order chi connectivity index (χ0) is 17.2. The van der Waals surface area contributed by atoms with E-state index in [1.165, 1.54) is 0 Å². The number of anilines is 1. The summed E-state index contributed by atoms with van der Waals surface area (Å²) >= 11 is 6.13. The van der Waals surface area contributed by atoms with Crippen molar-refractivity contribution in [1.82, 2.24) is 14.9 Å². The van der Waals surface area contributed by atoms with Crippen molar-refractivity contribution in [1.29, 1.82) is 0 Å². The first kappa shape index (κ1) is 16.0. The number of halogens is 1. The number of amides is 2. The number of aromatic amines is 1. The summed E-state index contributed by atoms with van der Waals surface area (Å²) in [5.74, 6) is 1.18. The van der Waals surface area contributed by atoms with Crippen LogP contribution in [0.25, 0.3) is 11.0 Å². The van der Waals surface area contributed by atoms with Crippen LogP contribution in [0.3, 0.4) is 0 Å². The van der Waals surface area contributed by atoms with E-state index in [2.05, 4.69) is 10.3 Å². The smallest absolute Gasteiger partial charge is 0.321 e. The van der Waals surface area contributed by atoms with Crippen LogP contribution in [0, 0.1) is 0 Å². The van der Waals surface area contributed by atoms with Gasteiger partial charge in [-0.3, -0.25) is 0 Å². The third kappa shape index (κ3) is 3.33. The van der Waals surface area contributed by atoms with Crippen LogP contribution < -0.4 is 5.32 Å². The van der Waals surface area contributed by atoms with Gasteiger partial charge in [0.25, 0.3) is 0 Å². The summed E-state index contributed by atoms with van der Waals surface area (Å²) in [6.07, 6.45) is 1.98. The Morgan fingerprint density at radius 3 is 2.84 bits per heavy atom. The molecule has 4 rings (SSSR count). The predicted molar refractivity (Wildman–Crippen MR) is 100 cm³/mol. The molecular weight excluding hydrogens is 336 g/mol. The van der Waals surface area contributed by atoms with Crippen LogP contribution in [-0.2, 0) is 0 Å². The van der Waals surface area contributed by atoms with E-state index < -0.39 is 0 Å². The Morgan fingerprint density at radius 1 is 1.20 bits per heavy atom. The number of nitrogens with one attached hydrogen (secondary N) is 2. The molecule has 1 saturated heterocycles. The van der Waals surface area contributed by atoms with Crippen LogP contribution in [0.5, 0.6) is 0 Å². The number of carbonyl (C=O) groups is 1. The number of likely N-dealkylation sites (tertiary alicyclic amines) is 1. The lowest BCUT2D eigenvalue weighted by Crippen LogP contribution is -2.41. The highest BCUT2D eigenvalue weighted by Gasteiger charge is 2.27. The number of fused-ring (bicyclic) bond motifs is 1. The fourth-order valence-corrected chi connectivity index (χ4v) is 3.49. The van der Waals surface area contributed by atoms with Gasteiger partial charge in [0.1, 0.15) is 5.82 Å². The maximum absolute atomic E-state index is 12.6. The Bertz CT molecular complexity index is 874. The lowest BCUT2D eigenvalue weighted by molar-refractivity contribution is 0.191. The van der Waals surface area contributed by atoms with Gasteiger partial charge in [0.2, 0.25) is 0 Å². The molecule has 2 amide bonds. The fourth-order valence-electron chi connectivity index (χ4n) is 3.31. The first-order valence-electron chi connectivity index (χ1n) is 8.46. The van der Waals surface area contributed by atoms with Crippen molar-refractivity contribution in [3.8, 4) is 0 Å². The molecule has 1 atom stereocenters. The van der Waals surface area contributed by atoms with Crippen LogP contribution in [-0.4, -0.2) is 34.0 Å². The molecule has 0 unspecified atom stereocenters. The van der Waals surface area contributed by atoms with E-state index in [0.717, 1.165) is 36.2 Å². The Morgan fingerprint density at radius 2 is 2.00 bits per heavy atom. The molecular formula is C19H19ClN4O. The van der Waals surface area contributed by atoms with Crippen molar-refractivity contribution < 1.29 is 4.79 Å². The summed E-state index contributed by atoms with van der Waals surface area (Å²) in [5, 5.41) is 3.45. The van der Waals surface area contributed by atoms with Crippen molar-refractivity contribution in [3.63, 3.8) is 0 Å². The number of H-pyrrole nitrogens is 1. The van der Waals surface area contributed by atoms with E-state index in [9.17, 15) is 4.79 Å². The first-order chi connectivity index (χ1) is 12.2. The van der Waals surface area contributed by atoms with E-state index in [4.69, 9.17) is 16.6 Å². The Balaban J connectivity index is 1.48. The summed E-state index contributed by atoms with van der Waals surface area (Å²) in [4.78, 5) is 22.5. The number of imidazole rings is 1. The summed E-state index contributed by atoms with van der Waals surface area (Å²) in [5.41, 5.74) is 2.64. The normalized spacial score (nSPS) is 17.6. The topological polar surface area (TPSA) is 61.0 Å². The van der Waals surface area contributed by atoms with Gasteiger partial charge in [-0.15, -0.1) is 0 Å². The molecule has 3 aromatic rings. The maximum atomic E-state index is 12.6. The van der Waals surface area contributed by atoms with Crippen molar-refractivity contribution in [3.05, 3.63) is 59.4 Å². The molecule has 1 aliphatic rings. The molecule has 25 heavy (non-hydrogen) atoms. The monoisotopic (exact) mass is 354 g/mol. The van der Waals surface area contributed by atoms with E-state index in [0.29, 0.717) is 17.3 Å². The third-order valence-corrected chi connectivity index (χ3v) is 4.95. The lowest BCUT2D eigenvalue weighted by atomic mass is 9.97. The van der Waals surface area contributed by atoms with Crippen LogP contribution in [0.2, 0.25) is 5.02 Å². The molecule has 0 bridgehead atoms. The van der Waals surface area contributed by atoms with E-state index in [-0.39, 0.29) is 11.9 Å². The van der Waals surface area contributed by atoms with Crippen LogP contribution in [0.1, 0.15) is 24.6 Å². The number of carbonyl (C=O) groups excluding carboxylic acids is 1. The molecule has 1 fully saturated rings. The van der Waals surface area contributed by atoms with Crippen LogP contribution in [0.4, 0.5) is 10.5 Å². The molecule has 5 nitrogen and oxygen atoms in total. The highest BCUT2D eigenvalue weighted by atomic mass is 35.5. The number of nitrogens with zero attached hydrogens (tertiary/aromatic N) is 2. The van der Waals surface area contributed by atoms with E-state index >= 15 is 0 Å². The van der Waals surface area contributed by atoms with Gasteiger partial charge in [0.05, 0.1) is 21.7 Å². The minimum absolute atomic E-state index is 0.117. The average molecular weight is 355 g/mol. The number of para-hydroxylation sites is 3. The molecule has 0 saturated carbocycles. The summed E-state index contributed by atoms with van der Waals surface area (Å²) in [6, 6.07) is 15.2. The number of hydrogen-bond acceptors (Lipinski definition) is 2. The highest BCUT2D eigenvalue weighted by Crippen LogP contribution is 2.28. The second kappa shape index (κ2) is 6.76. The minimum atomic E-state index is -0.117. The van der Waals surface area contributed by atoms with E-state index in [1.807, 2.05) is 41.3 Å². The SMILES string of the molecule is O=C(Nc1ccccc1Cl)N1CCC[C@@H](c2nc3ccccc3[nH]2)C1. The third-order valence-electron chi connectivity index (χ3n) is 4.62. The predicted octanol–water partition coefficient (Wildman–Crippen LogP) is 4.63. The number of urea groups is 1. The average Bonchev–Trinajstić information content (AvgIpc) is 3.08. The maximum Gasteiger partial charge on any atom is 0.321 e. The molecule has 0 spiro atoms. The van der Waals surface area contributed by atoms with Gasteiger partial charge in [-0.25, -0.2) is 9.78 Å². The van der Waals surface area contributed by atoms with Crippen molar-refractivity contribution in [2.45, 2.75) is 18.8 Å². The van der Waals surface area contributed by atoms with Gasteiger partial charge in [0.15, 0.2) is 0 Å². The van der Waals surface area contributed by atoms with Gasteiger partial charge in [-0.05, 0) is 37.1 Å². The van der Waals surface area contributed by atoms with Crippen molar-refractivity contribution in [2.24, 2.45) is 0 Å². The standard InChI is InChI=1S/C19H19ClN4O/c20-14-7-1-2-8-15(14)23-19(25)24-11-5-6-13(12-24)18-21-16-9-3-4-10-17(16)22-18/h1-4,7-10,13H,5-6,11-12H2,(H,21,22)(H,23,25)/t13-/m1/s1. The molecule has 2 aromatic carbocycles. The van der Waals surface area contributed by atoms with Crippen LogP contribution >= 0.6 is 11.6 Å². The molecule has 2 N–H and O–H groups in total. The largest absolute Gasteiger partial charge is 0.342 e. The van der Waals surface area contributed by atoms with Crippen molar-refractivity contribution >= 4 is 34.4 Å². The molecule has 1 aromatic heterocycles. The second-order valence-corrected chi connectivity index (χ2v) is 6.74. The number of rotatable bonds is 2. The van der Waals surface area contributed by atoms with Crippen molar-refractivity contribution in [2.75, 3.05) is 18.4 Å². The van der Waals surface area contributed by atoms with Gasteiger partial charge in [0, 0.05) is 19.0 Å². The van der Waals surface area contributed by atoms with Gasteiger partial charge >= 0.3 is 6.03 Å². The second-order valence-electron chi connectivity index (χ2n) is 6.33. The number of benzene rings is 2. The quantitative estimate of drug-likeness (QED) is 0.705. The summed E-state index contributed by atoms with van der Waals surface area (Å²) in [7, 11) is 0. The zero-order valence-corrected chi connectivity index (χ0v) is 14.5.